The molecule has 1 aliphatic heterocycles. The van der Waals surface area contributed by atoms with E-state index in [2.05, 4.69) is 36.1 Å². The Morgan fingerprint density at radius 1 is 1.04 bits per heavy atom. The quantitative estimate of drug-likeness (QED) is 0.775. The number of benzene rings is 1. The van der Waals surface area contributed by atoms with Crippen LogP contribution in [0.15, 0.2) is 24.3 Å². The molecule has 0 spiro atoms. The van der Waals surface area contributed by atoms with Gasteiger partial charge in [0.15, 0.2) is 0 Å². The molecule has 2 fully saturated rings. The molecular weight excluding hydrogens is 308 g/mol. The average Bonchev–Trinajstić information content (AvgIpc) is 2.68. The van der Waals surface area contributed by atoms with Crippen molar-refractivity contribution in [2.45, 2.75) is 70.3 Å². The number of rotatable bonds is 5. The largest absolute Gasteiger partial charge is 0.339 e. The van der Waals surface area contributed by atoms with Gasteiger partial charge in [-0.15, -0.1) is 0 Å². The summed E-state index contributed by atoms with van der Waals surface area (Å²) in [6, 6.07) is 8.88. The molecule has 0 aromatic heterocycles. The Bertz CT molecular complexity index is 540. The zero-order valence-corrected chi connectivity index (χ0v) is 16.0. The van der Waals surface area contributed by atoms with E-state index >= 15 is 0 Å². The van der Waals surface area contributed by atoms with E-state index in [0.29, 0.717) is 12.0 Å². The van der Waals surface area contributed by atoms with Crippen molar-refractivity contribution in [3.05, 3.63) is 35.4 Å². The van der Waals surface area contributed by atoms with Crippen molar-refractivity contribution in [2.24, 2.45) is 0 Å². The highest BCUT2D eigenvalue weighted by molar-refractivity contribution is 5.94. The molecule has 0 unspecified atom stereocenters. The normalized spacial score (nSPS) is 20.6. The predicted molar refractivity (Wildman–Crippen MR) is 104 cm³/mol. The van der Waals surface area contributed by atoms with Crippen molar-refractivity contribution >= 4 is 5.91 Å². The first-order valence-corrected chi connectivity index (χ1v) is 10.3. The molecule has 3 rings (SSSR count). The third-order valence-corrected chi connectivity index (χ3v) is 6.20. The number of hydrogen-bond donors (Lipinski definition) is 0. The molecule has 1 saturated heterocycles. The standard InChI is InChI=1S/C22H34N2O/c1-3-15-24-16-13-21(14-17-24)23(2)22(25)20-11-9-19(10-12-20)18-7-5-4-6-8-18/h9-12,18,21H,3-8,13-17H2,1-2H3. The second-order valence-electron chi connectivity index (χ2n) is 7.95. The highest BCUT2D eigenvalue weighted by atomic mass is 16.2. The first kappa shape index (κ1) is 18.4. The fourth-order valence-corrected chi connectivity index (χ4v) is 4.55. The first-order chi connectivity index (χ1) is 12.2. The maximum absolute atomic E-state index is 12.9. The number of likely N-dealkylation sites (tertiary alicyclic amines) is 1. The maximum atomic E-state index is 12.9. The Morgan fingerprint density at radius 2 is 1.68 bits per heavy atom. The number of carbonyl (C=O) groups excluding carboxylic acids is 1. The van der Waals surface area contributed by atoms with Crippen LogP contribution in [0, 0.1) is 0 Å². The smallest absolute Gasteiger partial charge is 0.253 e. The topological polar surface area (TPSA) is 23.6 Å². The molecule has 1 heterocycles. The lowest BCUT2D eigenvalue weighted by Gasteiger charge is -2.36. The van der Waals surface area contributed by atoms with Crippen LogP contribution >= 0.6 is 0 Å². The Labute approximate surface area is 153 Å². The van der Waals surface area contributed by atoms with E-state index in [4.69, 9.17) is 0 Å². The summed E-state index contributed by atoms with van der Waals surface area (Å²) < 4.78 is 0. The van der Waals surface area contributed by atoms with Crippen LogP contribution in [0.2, 0.25) is 0 Å². The Balaban J connectivity index is 1.57. The van der Waals surface area contributed by atoms with Gasteiger partial charge in [-0.05, 0) is 62.3 Å². The fourth-order valence-electron chi connectivity index (χ4n) is 4.55. The molecule has 1 aliphatic carbocycles. The van der Waals surface area contributed by atoms with Gasteiger partial charge in [0.1, 0.15) is 0 Å². The van der Waals surface area contributed by atoms with Gasteiger partial charge < -0.3 is 9.80 Å². The summed E-state index contributed by atoms with van der Waals surface area (Å²) in [4.78, 5) is 17.4. The predicted octanol–water partition coefficient (Wildman–Crippen LogP) is 4.68. The van der Waals surface area contributed by atoms with Crippen LogP contribution in [0.4, 0.5) is 0 Å². The lowest BCUT2D eigenvalue weighted by atomic mass is 9.84. The molecular formula is C22H34N2O. The minimum Gasteiger partial charge on any atom is -0.339 e. The maximum Gasteiger partial charge on any atom is 0.253 e. The van der Waals surface area contributed by atoms with Crippen LogP contribution < -0.4 is 0 Å². The number of piperidine rings is 1. The lowest BCUT2D eigenvalue weighted by molar-refractivity contribution is 0.0642. The van der Waals surface area contributed by atoms with Gasteiger partial charge in [-0.3, -0.25) is 4.79 Å². The highest BCUT2D eigenvalue weighted by Crippen LogP contribution is 2.32. The number of hydrogen-bond acceptors (Lipinski definition) is 2. The molecule has 138 valence electrons. The lowest BCUT2D eigenvalue weighted by Crippen LogP contribution is -2.45. The molecule has 1 aromatic carbocycles. The van der Waals surface area contributed by atoms with Gasteiger partial charge in [0, 0.05) is 31.7 Å². The Morgan fingerprint density at radius 3 is 2.28 bits per heavy atom. The molecule has 0 N–H and O–H groups in total. The van der Waals surface area contributed by atoms with Crippen molar-refractivity contribution in [3.63, 3.8) is 0 Å². The van der Waals surface area contributed by atoms with Crippen LogP contribution in [-0.2, 0) is 0 Å². The molecule has 1 amide bonds. The summed E-state index contributed by atoms with van der Waals surface area (Å²) in [6.07, 6.45) is 10.1. The number of nitrogens with zero attached hydrogens (tertiary/aromatic N) is 2. The van der Waals surface area contributed by atoms with E-state index in [1.165, 1.54) is 50.6 Å². The van der Waals surface area contributed by atoms with Gasteiger partial charge in [-0.2, -0.15) is 0 Å². The second-order valence-corrected chi connectivity index (χ2v) is 7.95. The van der Waals surface area contributed by atoms with Gasteiger partial charge in [-0.1, -0.05) is 38.3 Å². The fraction of sp³-hybridized carbons (Fsp3) is 0.682. The number of carbonyl (C=O) groups is 1. The minimum atomic E-state index is 0.184. The van der Waals surface area contributed by atoms with Gasteiger partial charge in [0.05, 0.1) is 0 Å². The van der Waals surface area contributed by atoms with Crippen molar-refractivity contribution in [1.82, 2.24) is 9.80 Å². The summed E-state index contributed by atoms with van der Waals surface area (Å²) in [5.41, 5.74) is 2.27. The summed E-state index contributed by atoms with van der Waals surface area (Å²) in [7, 11) is 1.98. The van der Waals surface area contributed by atoms with E-state index < -0.39 is 0 Å². The van der Waals surface area contributed by atoms with Gasteiger partial charge in [0.2, 0.25) is 0 Å². The van der Waals surface area contributed by atoms with Crippen LogP contribution in [0.5, 0.6) is 0 Å². The molecule has 1 aromatic rings. The third kappa shape index (κ3) is 4.63. The summed E-state index contributed by atoms with van der Waals surface area (Å²) in [5, 5.41) is 0. The van der Waals surface area contributed by atoms with Gasteiger partial charge in [-0.25, -0.2) is 0 Å². The second kappa shape index (κ2) is 8.84. The Kier molecular flexibility index (Phi) is 6.52. The van der Waals surface area contributed by atoms with E-state index in [0.717, 1.165) is 31.5 Å². The average molecular weight is 343 g/mol. The van der Waals surface area contributed by atoms with E-state index in [1.807, 2.05) is 11.9 Å². The molecule has 3 nitrogen and oxygen atoms in total. The van der Waals surface area contributed by atoms with E-state index in [-0.39, 0.29) is 5.91 Å². The van der Waals surface area contributed by atoms with Crippen molar-refractivity contribution < 1.29 is 4.79 Å². The zero-order chi connectivity index (χ0) is 17.6. The molecule has 0 radical (unpaired) electrons. The molecule has 0 atom stereocenters. The molecule has 3 heteroatoms. The first-order valence-electron chi connectivity index (χ1n) is 10.3. The highest BCUT2D eigenvalue weighted by Gasteiger charge is 2.26. The van der Waals surface area contributed by atoms with Crippen LogP contribution in [0.25, 0.3) is 0 Å². The summed E-state index contributed by atoms with van der Waals surface area (Å²) in [6.45, 7) is 5.67. The zero-order valence-electron chi connectivity index (χ0n) is 16.0. The van der Waals surface area contributed by atoms with Crippen molar-refractivity contribution in [3.8, 4) is 0 Å². The minimum absolute atomic E-state index is 0.184. The monoisotopic (exact) mass is 342 g/mol. The van der Waals surface area contributed by atoms with Crippen LogP contribution in [-0.4, -0.2) is 48.4 Å². The summed E-state index contributed by atoms with van der Waals surface area (Å²) >= 11 is 0. The molecule has 0 bridgehead atoms. The van der Waals surface area contributed by atoms with Crippen molar-refractivity contribution in [2.75, 3.05) is 26.7 Å². The van der Waals surface area contributed by atoms with Gasteiger partial charge in [0.25, 0.3) is 5.91 Å². The SMILES string of the molecule is CCCN1CCC(N(C)C(=O)c2ccc(C3CCCCC3)cc2)CC1. The molecule has 2 aliphatic rings. The van der Waals surface area contributed by atoms with Crippen LogP contribution in [0.1, 0.15) is 80.1 Å². The summed E-state index contributed by atoms with van der Waals surface area (Å²) in [5.74, 6) is 0.891. The van der Waals surface area contributed by atoms with Crippen LogP contribution in [0.3, 0.4) is 0 Å². The third-order valence-electron chi connectivity index (χ3n) is 6.20. The van der Waals surface area contributed by atoms with Crippen molar-refractivity contribution in [1.29, 1.82) is 0 Å². The van der Waals surface area contributed by atoms with E-state index in [1.54, 1.807) is 0 Å². The molecule has 25 heavy (non-hydrogen) atoms. The number of amides is 1. The van der Waals surface area contributed by atoms with E-state index in [9.17, 15) is 4.79 Å². The Hall–Kier alpha value is -1.35. The molecule has 1 saturated carbocycles. The van der Waals surface area contributed by atoms with Gasteiger partial charge >= 0.3 is 0 Å².